The van der Waals surface area contributed by atoms with Gasteiger partial charge < -0.3 is 9.72 Å². The van der Waals surface area contributed by atoms with Gasteiger partial charge in [0.2, 0.25) is 0 Å². The fourth-order valence-electron chi connectivity index (χ4n) is 2.50. The predicted octanol–water partition coefficient (Wildman–Crippen LogP) is 1.97. The summed E-state index contributed by atoms with van der Waals surface area (Å²) in [5, 5.41) is 3.11. The Bertz CT molecular complexity index is 916. The molecule has 22 heavy (non-hydrogen) atoms. The Kier molecular flexibility index (Phi) is 3.58. The summed E-state index contributed by atoms with van der Waals surface area (Å²) < 4.78 is 6.46. The first-order valence-electron chi connectivity index (χ1n) is 7.15. The normalized spacial score (nSPS) is 11.0. The minimum atomic E-state index is -0.357. The Balaban J connectivity index is 2.18. The SMILES string of the molecule is CCCc1cc(=O)c2c(=O)n(-c3ccc(OC)cc3)[nH]c2[nH]1. The van der Waals surface area contributed by atoms with Crippen molar-refractivity contribution in [2.45, 2.75) is 19.8 Å². The number of nitrogens with one attached hydrogen (secondary N) is 2. The maximum atomic E-state index is 12.5. The van der Waals surface area contributed by atoms with Crippen molar-refractivity contribution in [1.82, 2.24) is 14.8 Å². The van der Waals surface area contributed by atoms with Crippen LogP contribution in [0.25, 0.3) is 16.7 Å². The van der Waals surface area contributed by atoms with Crippen LogP contribution in [0, 0.1) is 0 Å². The molecule has 6 heteroatoms. The largest absolute Gasteiger partial charge is 0.497 e. The number of pyridine rings is 1. The first kappa shape index (κ1) is 14.2. The summed E-state index contributed by atoms with van der Waals surface area (Å²) in [5.74, 6) is 0.703. The number of H-pyrrole nitrogens is 2. The number of hydrogen-bond acceptors (Lipinski definition) is 3. The molecule has 0 radical (unpaired) electrons. The Morgan fingerprint density at radius 2 is 1.91 bits per heavy atom. The molecule has 114 valence electrons. The van der Waals surface area contributed by atoms with Crippen LogP contribution in [-0.4, -0.2) is 21.9 Å². The number of fused-ring (bicyclic) bond motifs is 1. The topological polar surface area (TPSA) is 79.9 Å². The third-order valence-corrected chi connectivity index (χ3v) is 3.58. The van der Waals surface area contributed by atoms with Gasteiger partial charge in [0, 0.05) is 11.8 Å². The maximum Gasteiger partial charge on any atom is 0.284 e. The first-order chi connectivity index (χ1) is 10.6. The van der Waals surface area contributed by atoms with E-state index in [1.54, 1.807) is 31.4 Å². The van der Waals surface area contributed by atoms with E-state index in [1.807, 2.05) is 6.92 Å². The van der Waals surface area contributed by atoms with Crippen LogP contribution in [0.5, 0.6) is 5.75 Å². The molecule has 2 heterocycles. The van der Waals surface area contributed by atoms with E-state index in [0.29, 0.717) is 17.1 Å². The van der Waals surface area contributed by atoms with Crippen molar-refractivity contribution >= 4 is 11.0 Å². The van der Waals surface area contributed by atoms with E-state index >= 15 is 0 Å². The van der Waals surface area contributed by atoms with Gasteiger partial charge in [-0.1, -0.05) is 13.3 Å². The fourth-order valence-corrected chi connectivity index (χ4v) is 2.50. The Hall–Kier alpha value is -2.76. The zero-order valence-electron chi connectivity index (χ0n) is 12.5. The fraction of sp³-hybridized carbons (Fsp3) is 0.250. The Morgan fingerprint density at radius 3 is 2.55 bits per heavy atom. The second kappa shape index (κ2) is 5.55. The molecule has 3 rings (SSSR count). The van der Waals surface area contributed by atoms with Crippen LogP contribution in [0.4, 0.5) is 0 Å². The highest BCUT2D eigenvalue weighted by Crippen LogP contribution is 2.14. The highest BCUT2D eigenvalue weighted by Gasteiger charge is 2.13. The van der Waals surface area contributed by atoms with Gasteiger partial charge in [-0.05, 0) is 30.7 Å². The van der Waals surface area contributed by atoms with Gasteiger partial charge in [0.15, 0.2) is 5.43 Å². The lowest BCUT2D eigenvalue weighted by Gasteiger charge is -2.03. The summed E-state index contributed by atoms with van der Waals surface area (Å²) in [6.45, 7) is 2.04. The summed E-state index contributed by atoms with van der Waals surface area (Å²) in [6, 6.07) is 8.54. The van der Waals surface area contributed by atoms with E-state index in [1.165, 1.54) is 10.7 Å². The lowest BCUT2D eigenvalue weighted by Crippen LogP contribution is -2.18. The van der Waals surface area contributed by atoms with Crippen molar-refractivity contribution < 1.29 is 4.74 Å². The van der Waals surface area contributed by atoms with Crippen LogP contribution in [0.3, 0.4) is 0 Å². The molecular formula is C16H17N3O3. The van der Waals surface area contributed by atoms with Crippen molar-refractivity contribution in [2.24, 2.45) is 0 Å². The molecule has 0 aliphatic rings. The monoisotopic (exact) mass is 299 g/mol. The van der Waals surface area contributed by atoms with Crippen LogP contribution < -0.4 is 15.7 Å². The smallest absolute Gasteiger partial charge is 0.284 e. The van der Waals surface area contributed by atoms with Crippen molar-refractivity contribution in [3.05, 3.63) is 56.6 Å². The van der Waals surface area contributed by atoms with Gasteiger partial charge >= 0.3 is 0 Å². The van der Waals surface area contributed by atoms with Gasteiger partial charge in [-0.15, -0.1) is 0 Å². The number of benzene rings is 1. The molecule has 0 atom stereocenters. The van der Waals surface area contributed by atoms with E-state index in [-0.39, 0.29) is 16.4 Å². The number of methoxy groups -OCH3 is 1. The number of ether oxygens (including phenoxy) is 1. The van der Waals surface area contributed by atoms with Crippen molar-refractivity contribution in [1.29, 1.82) is 0 Å². The van der Waals surface area contributed by atoms with Gasteiger partial charge in [-0.2, -0.15) is 0 Å². The van der Waals surface area contributed by atoms with Crippen LogP contribution in [0.1, 0.15) is 19.0 Å². The van der Waals surface area contributed by atoms with E-state index in [0.717, 1.165) is 18.5 Å². The minimum absolute atomic E-state index is 0.149. The molecule has 0 fully saturated rings. The van der Waals surface area contributed by atoms with Crippen molar-refractivity contribution in [3.63, 3.8) is 0 Å². The molecular weight excluding hydrogens is 282 g/mol. The Morgan fingerprint density at radius 1 is 1.18 bits per heavy atom. The van der Waals surface area contributed by atoms with Crippen molar-refractivity contribution in [3.8, 4) is 11.4 Å². The molecule has 2 aromatic heterocycles. The average molecular weight is 299 g/mol. The predicted molar refractivity (Wildman–Crippen MR) is 85.1 cm³/mol. The molecule has 0 saturated carbocycles. The molecule has 0 bridgehead atoms. The molecule has 0 aliphatic heterocycles. The van der Waals surface area contributed by atoms with Crippen LogP contribution in [0.15, 0.2) is 39.9 Å². The van der Waals surface area contributed by atoms with E-state index in [2.05, 4.69) is 10.1 Å². The standard InChI is InChI=1S/C16H17N3O3/c1-3-4-10-9-13(20)14-15(17-10)18-19(16(14)21)11-5-7-12(22-2)8-6-11/h5-9H,3-4H2,1-2H3,(H2,17,18,20). The molecule has 0 unspecified atom stereocenters. The molecule has 0 spiro atoms. The van der Waals surface area contributed by atoms with Gasteiger partial charge in [0.05, 0.1) is 12.8 Å². The summed E-state index contributed by atoms with van der Waals surface area (Å²) in [5.41, 5.74) is 1.31. The van der Waals surface area contributed by atoms with Crippen molar-refractivity contribution in [2.75, 3.05) is 7.11 Å². The highest BCUT2D eigenvalue weighted by atomic mass is 16.5. The van der Waals surface area contributed by atoms with E-state index < -0.39 is 0 Å². The number of aromatic nitrogens is 3. The lowest BCUT2D eigenvalue weighted by atomic mass is 10.2. The summed E-state index contributed by atoms with van der Waals surface area (Å²) in [7, 11) is 1.58. The zero-order chi connectivity index (χ0) is 15.7. The molecule has 1 aromatic carbocycles. The maximum absolute atomic E-state index is 12.5. The van der Waals surface area contributed by atoms with E-state index in [4.69, 9.17) is 4.74 Å². The Labute approximate surface area is 126 Å². The quantitative estimate of drug-likeness (QED) is 0.773. The molecule has 6 nitrogen and oxygen atoms in total. The number of nitrogens with zero attached hydrogens (tertiary/aromatic N) is 1. The van der Waals surface area contributed by atoms with Gasteiger partial charge in [0.25, 0.3) is 5.56 Å². The van der Waals surface area contributed by atoms with Crippen LogP contribution >= 0.6 is 0 Å². The first-order valence-corrected chi connectivity index (χ1v) is 7.15. The number of aromatic amines is 2. The van der Waals surface area contributed by atoms with E-state index in [9.17, 15) is 9.59 Å². The minimum Gasteiger partial charge on any atom is -0.497 e. The number of rotatable bonds is 4. The summed E-state index contributed by atoms with van der Waals surface area (Å²) in [6.07, 6.45) is 1.69. The van der Waals surface area contributed by atoms with Gasteiger partial charge in [-0.3, -0.25) is 14.7 Å². The molecule has 0 amide bonds. The zero-order valence-corrected chi connectivity index (χ0v) is 12.5. The summed E-state index contributed by atoms with van der Waals surface area (Å²) >= 11 is 0. The number of aryl methyl sites for hydroxylation is 1. The van der Waals surface area contributed by atoms with Gasteiger partial charge in [-0.25, -0.2) is 4.68 Å². The third kappa shape index (κ3) is 2.32. The van der Waals surface area contributed by atoms with Crippen LogP contribution in [-0.2, 0) is 6.42 Å². The summed E-state index contributed by atoms with van der Waals surface area (Å²) in [4.78, 5) is 27.7. The molecule has 0 saturated heterocycles. The lowest BCUT2D eigenvalue weighted by molar-refractivity contribution is 0.414. The molecule has 0 aliphatic carbocycles. The number of hydrogen-bond donors (Lipinski definition) is 2. The molecule has 2 N–H and O–H groups in total. The second-order valence-corrected chi connectivity index (χ2v) is 5.11. The van der Waals surface area contributed by atoms with Crippen LogP contribution in [0.2, 0.25) is 0 Å². The second-order valence-electron chi connectivity index (χ2n) is 5.11. The third-order valence-electron chi connectivity index (χ3n) is 3.58. The highest BCUT2D eigenvalue weighted by molar-refractivity contribution is 5.74. The molecule has 3 aromatic rings. The van der Waals surface area contributed by atoms with Gasteiger partial charge in [0.1, 0.15) is 16.8 Å². The average Bonchev–Trinajstić information content (AvgIpc) is 2.85.